The Morgan fingerprint density at radius 3 is 2.47 bits per heavy atom. The first kappa shape index (κ1) is 20.2. The van der Waals surface area contributed by atoms with Crippen LogP contribution in [0.5, 0.6) is 11.5 Å². The zero-order valence-corrected chi connectivity index (χ0v) is 18.5. The van der Waals surface area contributed by atoms with Crippen LogP contribution in [0.2, 0.25) is 0 Å². The number of nitrogens with zero attached hydrogens (tertiary/aromatic N) is 1. The van der Waals surface area contributed by atoms with Gasteiger partial charge in [0.2, 0.25) is 0 Å². The first-order chi connectivity index (χ1) is 15.5. The van der Waals surface area contributed by atoms with E-state index in [4.69, 9.17) is 13.9 Å². The third kappa shape index (κ3) is 3.50. The summed E-state index contributed by atoms with van der Waals surface area (Å²) < 4.78 is 17.2. The molecule has 32 heavy (non-hydrogen) atoms. The largest absolute Gasteiger partial charge is 0.497 e. The van der Waals surface area contributed by atoms with Gasteiger partial charge in [-0.15, -0.1) is 0 Å². The number of benzene rings is 3. The molecule has 4 aromatic rings. The third-order valence-electron chi connectivity index (χ3n) is 6.22. The SMILES string of the molecule is COc1ccc(N2COc3c(cc4c(C)c(Cc5ccccc5)c(=O)oc4c3C)C2)cc1. The molecular formula is C27H25NO4. The van der Waals surface area contributed by atoms with E-state index in [0.717, 1.165) is 44.8 Å². The Balaban J connectivity index is 1.56. The van der Waals surface area contributed by atoms with E-state index in [0.29, 0.717) is 30.8 Å². The summed E-state index contributed by atoms with van der Waals surface area (Å²) in [6, 6.07) is 20.1. The number of hydrogen-bond acceptors (Lipinski definition) is 5. The Morgan fingerprint density at radius 2 is 1.75 bits per heavy atom. The van der Waals surface area contributed by atoms with Crippen LogP contribution in [0.1, 0.15) is 27.8 Å². The zero-order valence-electron chi connectivity index (χ0n) is 18.5. The standard InChI is InChI=1S/C27H25NO4/c1-17-23-14-20-15-28(21-9-11-22(30-3)12-10-21)16-31-25(20)18(2)26(23)32-27(29)24(17)13-19-7-5-4-6-8-19/h4-12,14H,13,15-16H2,1-3H3. The van der Waals surface area contributed by atoms with Crippen LogP contribution < -0.4 is 20.0 Å². The van der Waals surface area contributed by atoms with Gasteiger partial charge in [0.05, 0.1) is 7.11 Å². The predicted molar refractivity (Wildman–Crippen MR) is 126 cm³/mol. The van der Waals surface area contributed by atoms with Crippen LogP contribution in [-0.2, 0) is 13.0 Å². The number of anilines is 1. The minimum absolute atomic E-state index is 0.280. The van der Waals surface area contributed by atoms with Gasteiger partial charge in [0.1, 0.15) is 17.1 Å². The lowest BCUT2D eigenvalue weighted by Gasteiger charge is -2.32. The van der Waals surface area contributed by atoms with Gasteiger partial charge in [-0.05, 0) is 55.3 Å². The minimum Gasteiger partial charge on any atom is -0.497 e. The van der Waals surface area contributed by atoms with Gasteiger partial charge in [0.15, 0.2) is 6.73 Å². The molecule has 0 bridgehead atoms. The molecule has 0 amide bonds. The smallest absolute Gasteiger partial charge is 0.340 e. The molecule has 5 nitrogen and oxygen atoms in total. The monoisotopic (exact) mass is 427 g/mol. The quantitative estimate of drug-likeness (QED) is 0.410. The van der Waals surface area contributed by atoms with E-state index in [9.17, 15) is 4.79 Å². The van der Waals surface area contributed by atoms with Gasteiger partial charge in [0, 0.05) is 40.7 Å². The maximum Gasteiger partial charge on any atom is 0.340 e. The number of methoxy groups -OCH3 is 1. The summed E-state index contributed by atoms with van der Waals surface area (Å²) in [6.07, 6.45) is 0.551. The fourth-order valence-corrected chi connectivity index (χ4v) is 4.41. The van der Waals surface area contributed by atoms with Crippen LogP contribution in [0, 0.1) is 13.8 Å². The van der Waals surface area contributed by atoms with E-state index in [-0.39, 0.29) is 5.63 Å². The molecule has 1 aliphatic rings. The van der Waals surface area contributed by atoms with E-state index in [1.54, 1.807) is 7.11 Å². The first-order valence-electron chi connectivity index (χ1n) is 10.7. The molecule has 0 aliphatic carbocycles. The lowest BCUT2D eigenvalue weighted by molar-refractivity contribution is 0.287. The van der Waals surface area contributed by atoms with Crippen molar-refractivity contribution in [1.82, 2.24) is 0 Å². The second-order valence-corrected chi connectivity index (χ2v) is 8.19. The zero-order chi connectivity index (χ0) is 22.2. The van der Waals surface area contributed by atoms with Gasteiger partial charge in [-0.1, -0.05) is 30.3 Å². The molecule has 0 spiro atoms. The van der Waals surface area contributed by atoms with E-state index in [1.807, 2.05) is 68.4 Å². The molecule has 5 rings (SSSR count). The lowest BCUT2D eigenvalue weighted by atomic mass is 9.96. The number of rotatable bonds is 4. The lowest BCUT2D eigenvalue weighted by Crippen LogP contribution is -2.32. The highest BCUT2D eigenvalue weighted by atomic mass is 16.5. The van der Waals surface area contributed by atoms with Gasteiger partial charge >= 0.3 is 5.63 Å². The highest BCUT2D eigenvalue weighted by Crippen LogP contribution is 2.37. The number of ether oxygens (including phenoxy) is 2. The van der Waals surface area contributed by atoms with Crippen LogP contribution in [0.25, 0.3) is 11.0 Å². The molecule has 1 aliphatic heterocycles. The maximum atomic E-state index is 12.8. The molecule has 0 saturated heterocycles. The molecule has 162 valence electrons. The summed E-state index contributed by atoms with van der Waals surface area (Å²) in [5.74, 6) is 1.63. The average molecular weight is 428 g/mol. The third-order valence-corrected chi connectivity index (χ3v) is 6.22. The van der Waals surface area contributed by atoms with Gasteiger partial charge in [-0.2, -0.15) is 0 Å². The predicted octanol–water partition coefficient (Wildman–Crippen LogP) is 5.37. The number of hydrogen-bond donors (Lipinski definition) is 0. The normalized spacial score (nSPS) is 13.0. The van der Waals surface area contributed by atoms with E-state index < -0.39 is 0 Å². The molecule has 0 saturated carbocycles. The van der Waals surface area contributed by atoms with Gasteiger partial charge < -0.3 is 18.8 Å². The van der Waals surface area contributed by atoms with Crippen LogP contribution in [0.15, 0.2) is 69.9 Å². The van der Waals surface area contributed by atoms with Gasteiger partial charge in [-0.25, -0.2) is 4.79 Å². The van der Waals surface area contributed by atoms with Crippen molar-refractivity contribution in [3.05, 3.63) is 98.9 Å². The Hall–Kier alpha value is -3.73. The molecule has 2 heterocycles. The molecule has 0 N–H and O–H groups in total. The maximum absolute atomic E-state index is 12.8. The molecule has 0 atom stereocenters. The number of fused-ring (bicyclic) bond motifs is 2. The van der Waals surface area contributed by atoms with Crippen molar-refractivity contribution in [3.8, 4) is 11.5 Å². The van der Waals surface area contributed by atoms with Gasteiger partial charge in [0.25, 0.3) is 0 Å². The molecule has 0 radical (unpaired) electrons. The summed E-state index contributed by atoms with van der Waals surface area (Å²) in [6.45, 7) is 5.11. The van der Waals surface area contributed by atoms with Gasteiger partial charge in [-0.3, -0.25) is 0 Å². The van der Waals surface area contributed by atoms with E-state index in [1.165, 1.54) is 0 Å². The average Bonchev–Trinajstić information content (AvgIpc) is 2.83. The van der Waals surface area contributed by atoms with Crippen LogP contribution in [0.4, 0.5) is 5.69 Å². The van der Waals surface area contributed by atoms with Crippen LogP contribution in [-0.4, -0.2) is 13.8 Å². The summed E-state index contributed by atoms with van der Waals surface area (Å²) in [5.41, 5.74) is 6.11. The second-order valence-electron chi connectivity index (χ2n) is 8.19. The van der Waals surface area contributed by atoms with Crippen molar-refractivity contribution in [3.63, 3.8) is 0 Å². The Labute approximate surface area is 186 Å². The summed E-state index contributed by atoms with van der Waals surface area (Å²) in [5, 5.41) is 0.965. The molecule has 0 unspecified atom stereocenters. The fourth-order valence-electron chi connectivity index (χ4n) is 4.41. The Bertz CT molecular complexity index is 1340. The summed E-state index contributed by atoms with van der Waals surface area (Å²) >= 11 is 0. The van der Waals surface area contributed by atoms with E-state index >= 15 is 0 Å². The van der Waals surface area contributed by atoms with Crippen LogP contribution >= 0.6 is 0 Å². The Morgan fingerprint density at radius 1 is 1.00 bits per heavy atom. The Kier molecular flexibility index (Phi) is 5.10. The molecule has 3 aromatic carbocycles. The summed E-state index contributed by atoms with van der Waals surface area (Å²) in [4.78, 5) is 15.0. The van der Waals surface area contributed by atoms with Crippen molar-refractivity contribution in [2.75, 3.05) is 18.7 Å². The van der Waals surface area contributed by atoms with Crippen molar-refractivity contribution in [2.45, 2.75) is 26.8 Å². The molecular weight excluding hydrogens is 402 g/mol. The molecule has 0 fully saturated rings. The van der Waals surface area contributed by atoms with Crippen LogP contribution in [0.3, 0.4) is 0 Å². The first-order valence-corrected chi connectivity index (χ1v) is 10.7. The second kappa shape index (κ2) is 8.08. The molecule has 5 heteroatoms. The van der Waals surface area contributed by atoms with Crippen molar-refractivity contribution in [2.24, 2.45) is 0 Å². The highest BCUT2D eigenvalue weighted by molar-refractivity contribution is 5.87. The van der Waals surface area contributed by atoms with Crippen molar-refractivity contribution < 1.29 is 13.9 Å². The fraction of sp³-hybridized carbons (Fsp3) is 0.222. The van der Waals surface area contributed by atoms with Crippen molar-refractivity contribution >= 4 is 16.7 Å². The summed E-state index contributed by atoms with van der Waals surface area (Å²) in [7, 11) is 1.66. The van der Waals surface area contributed by atoms with Crippen molar-refractivity contribution in [1.29, 1.82) is 0 Å². The minimum atomic E-state index is -0.280. The van der Waals surface area contributed by atoms with E-state index in [2.05, 4.69) is 11.0 Å². The topological polar surface area (TPSA) is 51.9 Å². The molecule has 1 aromatic heterocycles. The number of aryl methyl sites for hydroxylation is 2. The highest BCUT2D eigenvalue weighted by Gasteiger charge is 2.24.